The van der Waals surface area contributed by atoms with Gasteiger partial charge in [0.15, 0.2) is 0 Å². The summed E-state index contributed by atoms with van der Waals surface area (Å²) in [5.41, 5.74) is -0.472. The zero-order valence-electron chi connectivity index (χ0n) is 15.6. The average molecular weight is 431 g/mol. The van der Waals surface area contributed by atoms with E-state index in [9.17, 15) is 23.3 Å². The van der Waals surface area contributed by atoms with E-state index >= 15 is 0 Å². The van der Waals surface area contributed by atoms with Crippen LogP contribution in [0.1, 0.15) is 19.8 Å². The quantitative estimate of drug-likeness (QED) is 0.518. The molecule has 2 saturated heterocycles. The number of amides is 1. The second kappa shape index (κ2) is 8.32. The van der Waals surface area contributed by atoms with E-state index in [1.54, 1.807) is 4.90 Å². The Kier molecular flexibility index (Phi) is 6.23. The first-order valence-corrected chi connectivity index (χ1v) is 11.0. The maximum atomic E-state index is 13.1. The molecule has 1 amide bonds. The van der Waals surface area contributed by atoms with Crippen LogP contribution in [0.25, 0.3) is 0 Å². The molecule has 0 spiro atoms. The number of rotatable bonds is 5. The van der Waals surface area contributed by atoms with Gasteiger partial charge in [-0.2, -0.15) is 4.31 Å². The minimum Gasteiger partial charge on any atom is -0.339 e. The second-order valence-corrected chi connectivity index (χ2v) is 9.20. The third-order valence-corrected chi connectivity index (χ3v) is 7.56. The fourth-order valence-corrected chi connectivity index (χ4v) is 5.56. The van der Waals surface area contributed by atoms with Gasteiger partial charge >= 0.3 is 0 Å². The molecule has 9 nitrogen and oxygen atoms in total. The zero-order valence-corrected chi connectivity index (χ0v) is 17.2. The SMILES string of the molecule is CCN1CCN(C(=O)C2CCCN2S(=O)(=O)c2ccc(Cl)c([N+](=O)[O-])c2)CC1. The lowest BCUT2D eigenvalue weighted by atomic mass is 10.2. The molecule has 3 rings (SSSR count). The van der Waals surface area contributed by atoms with Gasteiger partial charge in [-0.3, -0.25) is 14.9 Å². The highest BCUT2D eigenvalue weighted by Crippen LogP contribution is 2.32. The lowest BCUT2D eigenvalue weighted by molar-refractivity contribution is -0.384. The highest BCUT2D eigenvalue weighted by molar-refractivity contribution is 7.89. The Hall–Kier alpha value is -1.75. The van der Waals surface area contributed by atoms with Gasteiger partial charge in [0.1, 0.15) is 11.1 Å². The van der Waals surface area contributed by atoms with E-state index in [1.165, 1.54) is 16.4 Å². The largest absolute Gasteiger partial charge is 0.339 e. The summed E-state index contributed by atoms with van der Waals surface area (Å²) < 4.78 is 27.4. The number of carbonyl (C=O) groups excluding carboxylic acids is 1. The van der Waals surface area contributed by atoms with E-state index < -0.39 is 26.7 Å². The van der Waals surface area contributed by atoms with E-state index in [4.69, 9.17) is 11.6 Å². The van der Waals surface area contributed by atoms with Crippen LogP contribution in [0.5, 0.6) is 0 Å². The number of likely N-dealkylation sites (N-methyl/N-ethyl adjacent to an activating group) is 1. The van der Waals surface area contributed by atoms with Crippen LogP contribution in [-0.2, 0) is 14.8 Å². The van der Waals surface area contributed by atoms with Crippen molar-refractivity contribution in [3.05, 3.63) is 33.3 Å². The topological polar surface area (TPSA) is 104 Å². The van der Waals surface area contributed by atoms with Gasteiger partial charge < -0.3 is 9.80 Å². The third kappa shape index (κ3) is 4.00. The molecule has 2 aliphatic rings. The van der Waals surface area contributed by atoms with Crippen LogP contribution in [-0.4, -0.2) is 78.7 Å². The van der Waals surface area contributed by atoms with Gasteiger partial charge in [-0.05, 0) is 31.5 Å². The van der Waals surface area contributed by atoms with Crippen LogP contribution in [0.4, 0.5) is 5.69 Å². The zero-order chi connectivity index (χ0) is 20.5. The number of benzene rings is 1. The summed E-state index contributed by atoms with van der Waals surface area (Å²) in [6, 6.07) is 2.62. The number of halogens is 1. The molecule has 2 fully saturated rings. The molecule has 0 N–H and O–H groups in total. The van der Waals surface area contributed by atoms with Gasteiger partial charge in [0, 0.05) is 38.8 Å². The molecular weight excluding hydrogens is 408 g/mol. The van der Waals surface area contributed by atoms with Crippen molar-refractivity contribution in [2.24, 2.45) is 0 Å². The van der Waals surface area contributed by atoms with E-state index in [1.807, 2.05) is 0 Å². The molecule has 1 unspecified atom stereocenters. The number of hydrogen-bond donors (Lipinski definition) is 0. The standard InChI is InChI=1S/C17H23ClN4O5S/c1-2-19-8-10-20(11-9-19)17(23)15-4-3-7-21(15)28(26,27)13-5-6-14(18)16(12-13)22(24)25/h5-6,12,15H,2-4,7-11H2,1H3. The summed E-state index contributed by atoms with van der Waals surface area (Å²) in [7, 11) is -4.05. The van der Waals surface area contributed by atoms with Crippen molar-refractivity contribution in [2.75, 3.05) is 39.3 Å². The maximum Gasteiger partial charge on any atom is 0.289 e. The summed E-state index contributed by atoms with van der Waals surface area (Å²) in [6.45, 7) is 5.88. The first-order chi connectivity index (χ1) is 13.3. The molecule has 2 aliphatic heterocycles. The molecule has 28 heavy (non-hydrogen) atoms. The molecule has 1 aromatic carbocycles. The molecule has 0 radical (unpaired) electrons. The molecule has 11 heteroatoms. The highest BCUT2D eigenvalue weighted by Gasteiger charge is 2.42. The number of nitro benzene ring substituents is 1. The Balaban J connectivity index is 1.83. The monoisotopic (exact) mass is 430 g/mol. The highest BCUT2D eigenvalue weighted by atomic mass is 35.5. The number of hydrogen-bond acceptors (Lipinski definition) is 6. The molecule has 1 atom stereocenters. The molecule has 0 saturated carbocycles. The van der Waals surface area contributed by atoms with Gasteiger partial charge in [0.25, 0.3) is 5.69 Å². The normalized spacial score (nSPS) is 21.8. The fraction of sp³-hybridized carbons (Fsp3) is 0.588. The second-order valence-electron chi connectivity index (χ2n) is 6.90. The van der Waals surface area contributed by atoms with Crippen LogP contribution >= 0.6 is 11.6 Å². The number of nitro groups is 1. The van der Waals surface area contributed by atoms with E-state index in [2.05, 4.69) is 11.8 Å². The number of carbonyl (C=O) groups is 1. The van der Waals surface area contributed by atoms with Crippen molar-refractivity contribution in [1.29, 1.82) is 0 Å². The Morgan fingerprint density at radius 1 is 1.25 bits per heavy atom. The predicted octanol–water partition coefficient (Wildman–Crippen LogP) is 1.57. The Morgan fingerprint density at radius 2 is 1.93 bits per heavy atom. The van der Waals surface area contributed by atoms with Crippen molar-refractivity contribution >= 4 is 33.2 Å². The van der Waals surface area contributed by atoms with Crippen LogP contribution in [0.2, 0.25) is 5.02 Å². The van der Waals surface area contributed by atoms with Crippen LogP contribution < -0.4 is 0 Å². The van der Waals surface area contributed by atoms with Crippen molar-refractivity contribution in [3.63, 3.8) is 0 Å². The summed E-state index contributed by atoms with van der Waals surface area (Å²) in [5.74, 6) is -0.194. The van der Waals surface area contributed by atoms with E-state index in [-0.39, 0.29) is 22.4 Å². The Bertz CT molecular complexity index is 870. The van der Waals surface area contributed by atoms with Gasteiger partial charge in [-0.25, -0.2) is 8.42 Å². The maximum absolute atomic E-state index is 13.1. The summed E-state index contributed by atoms with van der Waals surface area (Å²) in [6.07, 6.45) is 1.02. The molecule has 0 bridgehead atoms. The van der Waals surface area contributed by atoms with Crippen LogP contribution in [0.15, 0.2) is 23.1 Å². The minimum atomic E-state index is -4.05. The molecular formula is C17H23ClN4O5S. The first-order valence-electron chi connectivity index (χ1n) is 9.22. The van der Waals surface area contributed by atoms with Crippen molar-refractivity contribution in [2.45, 2.75) is 30.7 Å². The molecule has 1 aromatic rings. The first kappa shape index (κ1) is 21.0. The minimum absolute atomic E-state index is 0.133. The molecule has 2 heterocycles. The van der Waals surface area contributed by atoms with Crippen LogP contribution in [0, 0.1) is 10.1 Å². The molecule has 0 aliphatic carbocycles. The van der Waals surface area contributed by atoms with Crippen molar-refractivity contribution in [1.82, 2.24) is 14.1 Å². The lowest BCUT2D eigenvalue weighted by Crippen LogP contribution is -2.54. The van der Waals surface area contributed by atoms with Crippen LogP contribution in [0.3, 0.4) is 0 Å². The van der Waals surface area contributed by atoms with E-state index in [0.29, 0.717) is 25.9 Å². The van der Waals surface area contributed by atoms with Crippen molar-refractivity contribution < 1.29 is 18.1 Å². The van der Waals surface area contributed by atoms with Gasteiger partial charge in [0.2, 0.25) is 15.9 Å². The number of nitrogens with zero attached hydrogens (tertiary/aromatic N) is 4. The van der Waals surface area contributed by atoms with Gasteiger partial charge in [-0.1, -0.05) is 18.5 Å². The smallest absolute Gasteiger partial charge is 0.289 e. The average Bonchev–Trinajstić information content (AvgIpc) is 3.18. The van der Waals surface area contributed by atoms with E-state index in [0.717, 1.165) is 25.7 Å². The predicted molar refractivity (Wildman–Crippen MR) is 104 cm³/mol. The fourth-order valence-electron chi connectivity index (χ4n) is 3.70. The third-order valence-electron chi connectivity index (χ3n) is 5.34. The van der Waals surface area contributed by atoms with Gasteiger partial charge in [-0.15, -0.1) is 0 Å². The van der Waals surface area contributed by atoms with Gasteiger partial charge in [0.05, 0.1) is 9.82 Å². The molecule has 154 valence electrons. The lowest BCUT2D eigenvalue weighted by Gasteiger charge is -2.36. The molecule has 0 aromatic heterocycles. The van der Waals surface area contributed by atoms with Crippen molar-refractivity contribution in [3.8, 4) is 0 Å². The Morgan fingerprint density at radius 3 is 2.54 bits per heavy atom. The summed E-state index contributed by atoms with van der Waals surface area (Å²) in [5, 5.41) is 11.0. The number of piperazine rings is 1. The summed E-state index contributed by atoms with van der Waals surface area (Å²) >= 11 is 5.79. The number of sulfonamides is 1. The Labute approximate surface area is 169 Å². The summed E-state index contributed by atoms with van der Waals surface area (Å²) in [4.78, 5) is 27.1.